The van der Waals surface area contributed by atoms with Gasteiger partial charge in [-0.3, -0.25) is 4.79 Å². The number of aromatic hydroxyl groups is 2. The lowest BCUT2D eigenvalue weighted by Gasteiger charge is -2.23. The summed E-state index contributed by atoms with van der Waals surface area (Å²) in [4.78, 5) is 15.6. The number of phenolic OH excluding ortho intramolecular Hbond substituents is 2. The molecule has 1 amide bonds. The minimum Gasteiger partial charge on any atom is -0.507 e. The molecule has 4 aromatic carbocycles. The molecule has 252 valence electrons. The Labute approximate surface area is 283 Å². The Bertz CT molecular complexity index is 1840. The van der Waals surface area contributed by atoms with E-state index in [1.165, 1.54) is 77.9 Å². The molecule has 0 saturated carbocycles. The highest BCUT2D eigenvalue weighted by molar-refractivity contribution is 6.05. The van der Waals surface area contributed by atoms with Gasteiger partial charge in [0.1, 0.15) is 17.3 Å². The molecule has 1 aromatic heterocycles. The van der Waals surface area contributed by atoms with Crippen LogP contribution in [-0.4, -0.2) is 45.2 Å². The van der Waals surface area contributed by atoms with E-state index < -0.39 is 5.82 Å². The van der Waals surface area contributed by atoms with E-state index in [1.54, 1.807) is 12.1 Å². The van der Waals surface area contributed by atoms with Gasteiger partial charge < -0.3 is 30.3 Å². The number of rotatable bonds is 14. The summed E-state index contributed by atoms with van der Waals surface area (Å²) in [6, 6.07) is 21.7. The first kappa shape index (κ1) is 34.5. The molecule has 0 spiro atoms. The van der Waals surface area contributed by atoms with E-state index in [0.29, 0.717) is 11.1 Å². The van der Waals surface area contributed by atoms with Crippen molar-refractivity contribution in [2.24, 2.45) is 5.92 Å². The van der Waals surface area contributed by atoms with Crippen molar-refractivity contribution >= 4 is 33.9 Å². The molecule has 0 atom stereocenters. The Balaban J connectivity index is 1.22. The van der Waals surface area contributed by atoms with Crippen molar-refractivity contribution in [1.29, 1.82) is 0 Å². The zero-order chi connectivity index (χ0) is 34.4. The Hall–Kier alpha value is -4.82. The number of hydrogen-bond acceptors (Lipinski definition) is 5. The van der Waals surface area contributed by atoms with Gasteiger partial charge in [-0.25, -0.2) is 4.39 Å². The van der Waals surface area contributed by atoms with Gasteiger partial charge in [-0.2, -0.15) is 0 Å². The highest BCUT2D eigenvalue weighted by Gasteiger charge is 2.16. The van der Waals surface area contributed by atoms with Crippen LogP contribution in [0.5, 0.6) is 11.5 Å². The minimum atomic E-state index is -0.420. The van der Waals surface area contributed by atoms with Crippen molar-refractivity contribution in [2.45, 2.75) is 60.4 Å². The number of benzene rings is 4. The van der Waals surface area contributed by atoms with E-state index in [9.17, 15) is 19.4 Å². The molecule has 7 nitrogen and oxygen atoms in total. The molecule has 0 saturated heterocycles. The Morgan fingerprint density at radius 2 is 1.52 bits per heavy atom. The van der Waals surface area contributed by atoms with Gasteiger partial charge in [0.05, 0.1) is 5.56 Å². The van der Waals surface area contributed by atoms with E-state index in [1.807, 2.05) is 12.1 Å². The smallest absolute Gasteiger partial charge is 0.255 e. The van der Waals surface area contributed by atoms with Crippen molar-refractivity contribution in [2.75, 3.05) is 30.3 Å². The predicted octanol–water partition coefficient (Wildman–Crippen LogP) is 9.62. The molecule has 0 fully saturated rings. The van der Waals surface area contributed by atoms with Crippen LogP contribution < -0.4 is 10.6 Å². The van der Waals surface area contributed by atoms with Crippen LogP contribution in [0.15, 0.2) is 78.9 Å². The third kappa shape index (κ3) is 8.17. The molecular weight excluding hydrogens is 603 g/mol. The standard InChI is InChI=1S/C40H47FN4O3/c1-6-19-44(22-18-26(2)3)20-7-21-45-28(5)27(4)35-23-33(16-17-36(35)45)42-32-14-10-30(11-15-32)40(48)43-34-24-37(46)39(38(47)25-34)29-8-12-31(41)13-9-29/h8-17,23-26,42,46-47H,6-7,18-22H2,1-5H3,(H,43,48). The maximum atomic E-state index is 13.3. The fourth-order valence-corrected chi connectivity index (χ4v) is 6.23. The maximum Gasteiger partial charge on any atom is 0.255 e. The number of aryl methyl sites for hydroxylation is 2. The van der Waals surface area contributed by atoms with Gasteiger partial charge in [-0.05, 0) is 124 Å². The molecule has 48 heavy (non-hydrogen) atoms. The van der Waals surface area contributed by atoms with Crippen LogP contribution in [0.25, 0.3) is 22.0 Å². The van der Waals surface area contributed by atoms with Crippen molar-refractivity contribution < 1.29 is 19.4 Å². The maximum absolute atomic E-state index is 13.3. The Morgan fingerprint density at radius 3 is 2.17 bits per heavy atom. The lowest BCUT2D eigenvalue weighted by molar-refractivity contribution is 0.102. The predicted molar refractivity (Wildman–Crippen MR) is 195 cm³/mol. The van der Waals surface area contributed by atoms with Crippen molar-refractivity contribution in [3.8, 4) is 22.6 Å². The number of amides is 1. The highest BCUT2D eigenvalue weighted by atomic mass is 19.1. The summed E-state index contributed by atoms with van der Waals surface area (Å²) < 4.78 is 15.8. The first-order chi connectivity index (χ1) is 23.0. The van der Waals surface area contributed by atoms with Crippen LogP contribution in [0.1, 0.15) is 61.6 Å². The van der Waals surface area contributed by atoms with Gasteiger partial charge in [0.25, 0.3) is 5.91 Å². The highest BCUT2D eigenvalue weighted by Crippen LogP contribution is 2.40. The SMILES string of the molecule is CCCN(CCCn1c(C)c(C)c2cc(Nc3ccc(C(=O)Nc4cc(O)c(-c5ccc(F)cc5)c(O)c4)cc3)ccc21)CCC(C)C. The average molecular weight is 651 g/mol. The van der Waals surface area contributed by atoms with Gasteiger partial charge in [0, 0.05) is 57.9 Å². The number of aromatic nitrogens is 1. The fraction of sp³-hybridized carbons (Fsp3) is 0.325. The molecule has 4 N–H and O–H groups in total. The summed E-state index contributed by atoms with van der Waals surface area (Å²) in [5, 5.41) is 28.5. The molecule has 5 rings (SSSR count). The van der Waals surface area contributed by atoms with Crippen molar-refractivity contribution in [3.63, 3.8) is 0 Å². The molecule has 0 aliphatic heterocycles. The summed E-state index contributed by atoms with van der Waals surface area (Å²) in [5.41, 5.74) is 6.91. The number of hydrogen-bond donors (Lipinski definition) is 4. The van der Waals surface area contributed by atoms with Crippen LogP contribution >= 0.6 is 0 Å². The van der Waals surface area contributed by atoms with Crippen LogP contribution in [-0.2, 0) is 6.54 Å². The van der Waals surface area contributed by atoms with E-state index >= 15 is 0 Å². The fourth-order valence-electron chi connectivity index (χ4n) is 6.23. The number of carbonyl (C=O) groups excluding carboxylic acids is 1. The van der Waals surface area contributed by atoms with Crippen LogP contribution in [0.2, 0.25) is 0 Å². The molecule has 8 heteroatoms. The van der Waals surface area contributed by atoms with Gasteiger partial charge in [-0.15, -0.1) is 0 Å². The van der Waals surface area contributed by atoms with Gasteiger partial charge >= 0.3 is 0 Å². The molecule has 0 bridgehead atoms. The summed E-state index contributed by atoms with van der Waals surface area (Å²) in [5.74, 6) is -0.547. The van der Waals surface area contributed by atoms with E-state index in [2.05, 4.69) is 72.9 Å². The van der Waals surface area contributed by atoms with Crippen molar-refractivity contribution in [3.05, 3.63) is 102 Å². The number of halogens is 1. The first-order valence-corrected chi connectivity index (χ1v) is 16.9. The molecular formula is C40H47FN4O3. The second-order valence-electron chi connectivity index (χ2n) is 13.0. The number of carbonyl (C=O) groups is 1. The number of nitrogens with one attached hydrogen (secondary N) is 2. The third-order valence-electron chi connectivity index (χ3n) is 8.98. The number of anilines is 3. The summed E-state index contributed by atoms with van der Waals surface area (Å²) in [7, 11) is 0. The van der Waals surface area contributed by atoms with Crippen molar-refractivity contribution in [1.82, 2.24) is 9.47 Å². The molecule has 1 heterocycles. The van der Waals surface area contributed by atoms with E-state index in [0.717, 1.165) is 43.3 Å². The third-order valence-corrected chi connectivity index (χ3v) is 8.98. The Morgan fingerprint density at radius 1 is 0.854 bits per heavy atom. The normalized spacial score (nSPS) is 11.5. The van der Waals surface area contributed by atoms with Gasteiger partial charge in [0.2, 0.25) is 0 Å². The monoisotopic (exact) mass is 650 g/mol. The van der Waals surface area contributed by atoms with Gasteiger partial charge in [-0.1, -0.05) is 32.9 Å². The number of fused-ring (bicyclic) bond motifs is 1. The van der Waals surface area contributed by atoms with Crippen LogP contribution in [0, 0.1) is 25.6 Å². The van der Waals surface area contributed by atoms with E-state index in [-0.39, 0.29) is 28.7 Å². The van der Waals surface area contributed by atoms with Crippen LogP contribution in [0.3, 0.4) is 0 Å². The zero-order valence-electron chi connectivity index (χ0n) is 28.6. The van der Waals surface area contributed by atoms with Crippen LogP contribution in [0.4, 0.5) is 21.5 Å². The Kier molecular flexibility index (Phi) is 11.1. The lowest BCUT2D eigenvalue weighted by atomic mass is 10.0. The first-order valence-electron chi connectivity index (χ1n) is 16.9. The number of phenols is 2. The second-order valence-corrected chi connectivity index (χ2v) is 13.0. The topological polar surface area (TPSA) is 89.8 Å². The number of nitrogens with zero attached hydrogens (tertiary/aromatic N) is 2. The molecule has 0 radical (unpaired) electrons. The molecule has 0 unspecified atom stereocenters. The van der Waals surface area contributed by atoms with E-state index in [4.69, 9.17) is 0 Å². The molecule has 5 aromatic rings. The lowest BCUT2D eigenvalue weighted by Crippen LogP contribution is -2.28. The quantitative estimate of drug-likeness (QED) is 0.0961. The largest absolute Gasteiger partial charge is 0.507 e. The molecule has 0 aliphatic rings. The summed E-state index contributed by atoms with van der Waals surface area (Å²) >= 11 is 0. The summed E-state index contributed by atoms with van der Waals surface area (Å²) in [6.07, 6.45) is 3.54. The minimum absolute atomic E-state index is 0.162. The van der Waals surface area contributed by atoms with Gasteiger partial charge in [0.15, 0.2) is 0 Å². The average Bonchev–Trinajstić information content (AvgIpc) is 3.28. The summed E-state index contributed by atoms with van der Waals surface area (Å²) in [6.45, 7) is 15.7. The zero-order valence-corrected chi connectivity index (χ0v) is 28.6. The molecule has 0 aliphatic carbocycles. The second kappa shape index (κ2) is 15.4.